The first-order valence-electron chi connectivity index (χ1n) is 7.51. The third-order valence-electron chi connectivity index (χ3n) is 4.35. The fourth-order valence-electron chi connectivity index (χ4n) is 5.10. The number of hydrogen-bond donors (Lipinski definition) is 0. The molecule has 0 heterocycles. The van der Waals surface area contributed by atoms with Crippen LogP contribution >= 0.6 is 0 Å². The Morgan fingerprint density at radius 1 is 0.850 bits per heavy atom. The van der Waals surface area contributed by atoms with Gasteiger partial charge in [-0.15, -0.1) is 0 Å². The molecule has 20 heavy (non-hydrogen) atoms. The molecule has 0 saturated heterocycles. The minimum absolute atomic E-state index is 0.105. The zero-order chi connectivity index (χ0) is 16.6. The summed E-state index contributed by atoms with van der Waals surface area (Å²) in [6.45, 7) is 26.9. The maximum absolute atomic E-state index is 12.5. The number of carbonyl (C=O) groups excluding carboxylic acids is 1. The predicted octanol–water partition coefficient (Wildman–Crippen LogP) is 4.34. The Morgan fingerprint density at radius 3 is 1.35 bits per heavy atom. The molecule has 6 heteroatoms. The topological polar surface area (TPSA) is 26.3 Å². The summed E-state index contributed by atoms with van der Waals surface area (Å²) in [6, 6.07) is 0. The van der Waals surface area contributed by atoms with Gasteiger partial charge in [0, 0.05) is 28.0 Å². The molecule has 0 aromatic carbocycles. The van der Waals surface area contributed by atoms with E-state index in [0.717, 1.165) is 5.20 Å². The Hall–Kier alpha value is 0.0775. The summed E-state index contributed by atoms with van der Waals surface area (Å²) >= 11 is 0. The maximum Gasteiger partial charge on any atom is 0.328 e. The van der Waals surface area contributed by atoms with Gasteiger partial charge in [-0.05, 0) is 6.92 Å². The molecule has 0 aliphatic heterocycles. The van der Waals surface area contributed by atoms with Gasteiger partial charge in [-0.25, -0.2) is 4.79 Å². The first-order valence-corrected chi connectivity index (χ1v) is 23.0. The zero-order valence-corrected chi connectivity index (χ0v) is 19.2. The standard InChI is InChI=1S/C14H34O2Si4/c1-12-16-14(15)13(2)20(17(3,4)5,18(6,7)8)19(9,10)11/h2,12H2,1,3-11H3. The van der Waals surface area contributed by atoms with Crippen molar-refractivity contribution in [2.45, 2.75) is 65.8 Å². The van der Waals surface area contributed by atoms with Gasteiger partial charge in [0.15, 0.2) is 0 Å². The van der Waals surface area contributed by atoms with E-state index in [0.29, 0.717) is 6.61 Å². The monoisotopic (exact) mass is 346 g/mol. The molecule has 0 radical (unpaired) electrons. The number of ether oxygens (including phenoxy) is 1. The van der Waals surface area contributed by atoms with E-state index in [2.05, 4.69) is 65.5 Å². The van der Waals surface area contributed by atoms with Gasteiger partial charge in [0.05, 0.1) is 13.2 Å². The van der Waals surface area contributed by atoms with E-state index in [1.54, 1.807) is 0 Å². The minimum Gasteiger partial charge on any atom is -0.463 e. The maximum atomic E-state index is 12.5. The summed E-state index contributed by atoms with van der Waals surface area (Å²) in [7, 11) is -4.50. The average Bonchev–Trinajstić information content (AvgIpc) is 2.10. The first kappa shape index (κ1) is 20.1. The van der Waals surface area contributed by atoms with Crippen LogP contribution in [-0.2, 0) is 9.53 Å². The number of rotatable bonds is 6. The normalized spacial score (nSPS) is 14.1. The molecule has 0 N–H and O–H groups in total. The summed E-state index contributed by atoms with van der Waals surface area (Å²) in [5, 5.41) is 0.914. The lowest BCUT2D eigenvalue weighted by Crippen LogP contribution is -2.84. The third-order valence-corrected chi connectivity index (χ3v) is 75.7. The second kappa shape index (κ2) is 6.06. The van der Waals surface area contributed by atoms with Crippen LogP contribution in [0.2, 0.25) is 58.9 Å². The third kappa shape index (κ3) is 3.28. The van der Waals surface area contributed by atoms with Crippen LogP contribution in [0, 0.1) is 0 Å². The Bertz CT molecular complexity index is 347. The summed E-state index contributed by atoms with van der Waals surface area (Å²) in [5.74, 6) is -0.105. The predicted molar refractivity (Wildman–Crippen MR) is 102 cm³/mol. The lowest BCUT2D eigenvalue weighted by atomic mass is 10.6. The molecule has 0 aliphatic rings. The molecule has 0 spiro atoms. The van der Waals surface area contributed by atoms with Crippen molar-refractivity contribution in [3.8, 4) is 0 Å². The summed E-state index contributed by atoms with van der Waals surface area (Å²) in [5.41, 5.74) is 0. The molecular weight excluding hydrogens is 312 g/mol. The first-order chi connectivity index (χ1) is 8.64. The molecule has 0 fully saturated rings. The number of esters is 1. The van der Waals surface area contributed by atoms with Crippen LogP contribution in [0.15, 0.2) is 11.8 Å². The molecule has 2 nitrogen and oxygen atoms in total. The molecule has 0 saturated carbocycles. The van der Waals surface area contributed by atoms with Crippen molar-refractivity contribution in [3.63, 3.8) is 0 Å². The molecular formula is C14H34O2Si4. The van der Waals surface area contributed by atoms with Gasteiger partial charge in [-0.1, -0.05) is 65.5 Å². The van der Waals surface area contributed by atoms with E-state index in [1.165, 1.54) is 0 Å². The van der Waals surface area contributed by atoms with Crippen molar-refractivity contribution in [2.24, 2.45) is 0 Å². The van der Waals surface area contributed by atoms with Crippen molar-refractivity contribution in [3.05, 3.63) is 11.8 Å². The highest BCUT2D eigenvalue weighted by atomic mass is 29.9. The van der Waals surface area contributed by atoms with Gasteiger partial charge in [-0.3, -0.25) is 0 Å². The molecule has 0 bridgehead atoms. The molecule has 0 aromatic rings. The van der Waals surface area contributed by atoms with E-state index >= 15 is 0 Å². The fourth-order valence-corrected chi connectivity index (χ4v) is 105. The lowest BCUT2D eigenvalue weighted by Gasteiger charge is -2.57. The van der Waals surface area contributed by atoms with Gasteiger partial charge in [0.25, 0.3) is 0 Å². The van der Waals surface area contributed by atoms with Crippen molar-refractivity contribution >= 4 is 35.4 Å². The van der Waals surface area contributed by atoms with Crippen LogP contribution in [-0.4, -0.2) is 42.0 Å². The van der Waals surface area contributed by atoms with Crippen LogP contribution in [0.4, 0.5) is 0 Å². The van der Waals surface area contributed by atoms with E-state index in [1.807, 2.05) is 6.92 Å². The quantitative estimate of drug-likeness (QED) is 0.406. The molecule has 0 unspecified atom stereocenters. The highest BCUT2D eigenvalue weighted by Crippen LogP contribution is 2.41. The highest BCUT2D eigenvalue weighted by molar-refractivity contribution is 7.91. The molecule has 0 rings (SSSR count). The molecule has 0 aliphatic carbocycles. The zero-order valence-electron chi connectivity index (χ0n) is 15.2. The van der Waals surface area contributed by atoms with Gasteiger partial charge < -0.3 is 4.74 Å². The number of carbonyl (C=O) groups is 1. The largest absolute Gasteiger partial charge is 0.463 e. The van der Waals surface area contributed by atoms with Crippen LogP contribution < -0.4 is 0 Å². The van der Waals surface area contributed by atoms with Crippen LogP contribution in [0.5, 0.6) is 0 Å². The molecule has 118 valence electrons. The number of hydrogen-bond acceptors (Lipinski definition) is 2. The second-order valence-electron chi connectivity index (χ2n) is 8.70. The SMILES string of the molecule is C=C(C(=O)OCC)[Si]([Si](C)(C)C)([Si](C)(C)C)[Si](C)(C)C. The summed E-state index contributed by atoms with van der Waals surface area (Å²) in [4.78, 5) is 12.5. The molecule has 0 amide bonds. The smallest absolute Gasteiger partial charge is 0.328 e. The highest BCUT2D eigenvalue weighted by Gasteiger charge is 2.64. The Kier molecular flexibility index (Phi) is 6.08. The van der Waals surface area contributed by atoms with Crippen LogP contribution in [0.3, 0.4) is 0 Å². The Labute approximate surface area is 129 Å². The van der Waals surface area contributed by atoms with E-state index in [4.69, 9.17) is 4.74 Å². The Balaban J connectivity index is 6.34. The van der Waals surface area contributed by atoms with Gasteiger partial charge >= 0.3 is 5.97 Å². The minimum atomic E-state index is -1.86. The van der Waals surface area contributed by atoms with E-state index in [-0.39, 0.29) is 5.97 Å². The van der Waals surface area contributed by atoms with Gasteiger partial charge in [0.1, 0.15) is 0 Å². The molecule has 0 atom stereocenters. The van der Waals surface area contributed by atoms with Crippen molar-refractivity contribution in [1.29, 1.82) is 0 Å². The van der Waals surface area contributed by atoms with E-state index < -0.39 is 29.4 Å². The molecule has 0 aromatic heterocycles. The van der Waals surface area contributed by atoms with Gasteiger partial charge in [-0.2, -0.15) is 0 Å². The van der Waals surface area contributed by atoms with Crippen LogP contribution in [0.1, 0.15) is 6.92 Å². The summed E-state index contributed by atoms with van der Waals surface area (Å²) in [6.07, 6.45) is 0. The van der Waals surface area contributed by atoms with E-state index in [9.17, 15) is 4.79 Å². The average molecular weight is 347 g/mol. The van der Waals surface area contributed by atoms with Crippen molar-refractivity contribution in [1.82, 2.24) is 0 Å². The lowest BCUT2D eigenvalue weighted by molar-refractivity contribution is -0.137. The Morgan fingerprint density at radius 2 is 1.15 bits per heavy atom. The van der Waals surface area contributed by atoms with Crippen molar-refractivity contribution < 1.29 is 9.53 Å². The fraction of sp³-hybridized carbons (Fsp3) is 0.786. The second-order valence-corrected chi connectivity index (χ2v) is 49.1. The van der Waals surface area contributed by atoms with Gasteiger partial charge in [0.2, 0.25) is 0 Å². The van der Waals surface area contributed by atoms with Crippen LogP contribution in [0.25, 0.3) is 0 Å². The summed E-state index contributed by atoms with van der Waals surface area (Å²) < 4.78 is 5.36. The van der Waals surface area contributed by atoms with Crippen molar-refractivity contribution in [2.75, 3.05) is 6.61 Å².